The Morgan fingerprint density at radius 3 is 3.06 bits per heavy atom. The maximum atomic E-state index is 11.2. The van der Waals surface area contributed by atoms with Crippen LogP contribution in [0.1, 0.15) is 17.0 Å². The highest BCUT2D eigenvalue weighted by Gasteiger charge is 2.33. The van der Waals surface area contributed by atoms with E-state index in [1.54, 1.807) is 0 Å². The number of hydrogen-bond donors (Lipinski definition) is 2. The van der Waals surface area contributed by atoms with E-state index in [4.69, 9.17) is 0 Å². The molecule has 1 aromatic carbocycles. The van der Waals surface area contributed by atoms with Crippen LogP contribution in [0.15, 0.2) is 24.3 Å². The highest BCUT2D eigenvalue weighted by molar-refractivity contribution is 5.74. The molecule has 0 spiro atoms. The second-order valence-corrected chi connectivity index (χ2v) is 5.15. The van der Waals surface area contributed by atoms with Crippen LogP contribution in [-0.4, -0.2) is 48.2 Å². The van der Waals surface area contributed by atoms with Crippen molar-refractivity contribution in [1.29, 1.82) is 0 Å². The van der Waals surface area contributed by atoms with Gasteiger partial charge in [0.05, 0.1) is 0 Å². The maximum absolute atomic E-state index is 11.2. The lowest BCUT2D eigenvalue weighted by molar-refractivity contribution is -0.144. The van der Waals surface area contributed by atoms with Gasteiger partial charge in [-0.15, -0.1) is 0 Å². The van der Waals surface area contributed by atoms with Crippen molar-refractivity contribution < 1.29 is 9.90 Å². The molecule has 2 unspecified atom stereocenters. The van der Waals surface area contributed by atoms with Crippen molar-refractivity contribution in [3.63, 3.8) is 0 Å². The van der Waals surface area contributed by atoms with Crippen LogP contribution in [0.2, 0.25) is 0 Å². The highest BCUT2D eigenvalue weighted by atomic mass is 16.4. The molecule has 2 N–H and O–H groups in total. The van der Waals surface area contributed by atoms with Crippen molar-refractivity contribution >= 4 is 5.97 Å². The van der Waals surface area contributed by atoms with Crippen molar-refractivity contribution in [3.8, 4) is 0 Å². The zero-order chi connectivity index (χ0) is 12.5. The topological polar surface area (TPSA) is 52.6 Å². The van der Waals surface area contributed by atoms with Crippen LogP contribution in [0.4, 0.5) is 0 Å². The first-order valence-electron chi connectivity index (χ1n) is 6.51. The first kappa shape index (κ1) is 11.7. The largest absolute Gasteiger partial charge is 0.480 e. The van der Waals surface area contributed by atoms with Crippen LogP contribution in [0.3, 0.4) is 0 Å². The van der Waals surface area contributed by atoms with Gasteiger partial charge in [0, 0.05) is 32.1 Å². The fourth-order valence-electron chi connectivity index (χ4n) is 3.02. The fourth-order valence-corrected chi connectivity index (χ4v) is 3.02. The molecule has 0 radical (unpaired) electrons. The molecule has 1 aliphatic carbocycles. The molecule has 96 valence electrons. The number of rotatable bonds is 3. The SMILES string of the molecule is O=C(O)C1CNCCN1CC1Cc2ccccc21. The van der Waals surface area contributed by atoms with Gasteiger partial charge in [-0.05, 0) is 17.5 Å². The first-order chi connectivity index (χ1) is 8.75. The van der Waals surface area contributed by atoms with Gasteiger partial charge in [0.2, 0.25) is 0 Å². The van der Waals surface area contributed by atoms with Gasteiger partial charge in [0.15, 0.2) is 0 Å². The van der Waals surface area contributed by atoms with E-state index < -0.39 is 5.97 Å². The molecule has 1 heterocycles. The van der Waals surface area contributed by atoms with Gasteiger partial charge in [-0.2, -0.15) is 0 Å². The molecular formula is C14H18N2O2. The van der Waals surface area contributed by atoms with E-state index in [-0.39, 0.29) is 6.04 Å². The number of nitrogens with zero attached hydrogens (tertiary/aromatic N) is 1. The van der Waals surface area contributed by atoms with E-state index in [9.17, 15) is 9.90 Å². The molecule has 3 rings (SSSR count). The Hall–Kier alpha value is -1.39. The molecule has 2 atom stereocenters. The second-order valence-electron chi connectivity index (χ2n) is 5.15. The lowest BCUT2D eigenvalue weighted by Crippen LogP contribution is -2.56. The van der Waals surface area contributed by atoms with Gasteiger partial charge >= 0.3 is 5.97 Å². The predicted octanol–water partition coefficient (Wildman–Crippen LogP) is 0.685. The molecule has 1 fully saturated rings. The van der Waals surface area contributed by atoms with Crippen molar-refractivity contribution in [2.75, 3.05) is 26.2 Å². The maximum Gasteiger partial charge on any atom is 0.322 e. The summed E-state index contributed by atoms with van der Waals surface area (Å²) in [5.41, 5.74) is 2.82. The summed E-state index contributed by atoms with van der Waals surface area (Å²) in [5.74, 6) is -0.198. The number of piperazine rings is 1. The molecule has 4 nitrogen and oxygen atoms in total. The van der Waals surface area contributed by atoms with Crippen LogP contribution in [-0.2, 0) is 11.2 Å². The quantitative estimate of drug-likeness (QED) is 0.823. The van der Waals surface area contributed by atoms with Gasteiger partial charge in [-0.1, -0.05) is 24.3 Å². The van der Waals surface area contributed by atoms with Gasteiger partial charge in [0.25, 0.3) is 0 Å². The molecule has 0 amide bonds. The zero-order valence-electron chi connectivity index (χ0n) is 10.3. The number of nitrogens with one attached hydrogen (secondary N) is 1. The lowest BCUT2D eigenvalue weighted by atomic mass is 9.77. The standard InChI is InChI=1S/C14H18N2O2/c17-14(18)13-8-15-5-6-16(13)9-11-7-10-3-1-2-4-12(10)11/h1-4,11,13,15H,5-9H2,(H,17,18). The van der Waals surface area contributed by atoms with Crippen molar-refractivity contribution in [2.24, 2.45) is 0 Å². The minimum Gasteiger partial charge on any atom is -0.480 e. The third kappa shape index (κ3) is 2.02. The van der Waals surface area contributed by atoms with Crippen LogP contribution < -0.4 is 5.32 Å². The Morgan fingerprint density at radius 1 is 1.44 bits per heavy atom. The summed E-state index contributed by atoms with van der Waals surface area (Å²) in [6, 6.07) is 8.10. The van der Waals surface area contributed by atoms with E-state index in [2.05, 4.69) is 34.5 Å². The molecule has 18 heavy (non-hydrogen) atoms. The summed E-state index contributed by atoms with van der Waals surface area (Å²) < 4.78 is 0. The van der Waals surface area contributed by atoms with Crippen LogP contribution in [0, 0.1) is 0 Å². The number of aliphatic carboxylic acids is 1. The molecular weight excluding hydrogens is 228 g/mol. The first-order valence-corrected chi connectivity index (χ1v) is 6.51. The molecule has 0 saturated carbocycles. The Labute approximate surface area is 107 Å². The molecule has 2 aliphatic rings. The summed E-state index contributed by atoms with van der Waals surface area (Å²) in [5, 5.41) is 12.4. The fraction of sp³-hybridized carbons (Fsp3) is 0.500. The summed E-state index contributed by atoms with van der Waals surface area (Å²) in [7, 11) is 0. The van der Waals surface area contributed by atoms with Gasteiger partial charge in [0.1, 0.15) is 6.04 Å². The molecule has 1 aliphatic heterocycles. The van der Waals surface area contributed by atoms with Crippen molar-refractivity contribution in [3.05, 3.63) is 35.4 Å². The number of carboxylic acids is 1. The summed E-state index contributed by atoms with van der Waals surface area (Å²) in [4.78, 5) is 13.3. The summed E-state index contributed by atoms with van der Waals surface area (Å²) >= 11 is 0. The number of hydrogen-bond acceptors (Lipinski definition) is 3. The zero-order valence-corrected chi connectivity index (χ0v) is 10.3. The smallest absolute Gasteiger partial charge is 0.322 e. The Morgan fingerprint density at radius 2 is 2.28 bits per heavy atom. The molecule has 1 aromatic rings. The third-order valence-corrected chi connectivity index (χ3v) is 4.06. The number of carbonyl (C=O) groups is 1. The van der Waals surface area contributed by atoms with E-state index >= 15 is 0 Å². The second kappa shape index (κ2) is 4.71. The Bertz CT molecular complexity index is 461. The van der Waals surface area contributed by atoms with Crippen LogP contribution >= 0.6 is 0 Å². The average molecular weight is 246 g/mol. The average Bonchev–Trinajstić information content (AvgIpc) is 2.36. The van der Waals surface area contributed by atoms with E-state index in [0.29, 0.717) is 12.5 Å². The monoisotopic (exact) mass is 246 g/mol. The van der Waals surface area contributed by atoms with Crippen molar-refractivity contribution in [2.45, 2.75) is 18.4 Å². The van der Waals surface area contributed by atoms with E-state index in [1.807, 2.05) is 0 Å². The molecule has 0 bridgehead atoms. The summed E-state index contributed by atoms with van der Waals surface area (Å²) in [6.45, 7) is 3.15. The number of fused-ring (bicyclic) bond motifs is 1. The summed E-state index contributed by atoms with van der Waals surface area (Å²) in [6.07, 6.45) is 1.09. The van der Waals surface area contributed by atoms with Crippen LogP contribution in [0.25, 0.3) is 0 Å². The minimum atomic E-state index is -0.713. The van der Waals surface area contributed by atoms with Gasteiger partial charge in [-0.3, -0.25) is 9.69 Å². The number of benzene rings is 1. The molecule has 0 aromatic heterocycles. The third-order valence-electron chi connectivity index (χ3n) is 4.06. The van der Waals surface area contributed by atoms with Crippen LogP contribution in [0.5, 0.6) is 0 Å². The Balaban J connectivity index is 1.68. The van der Waals surface area contributed by atoms with E-state index in [0.717, 1.165) is 26.1 Å². The lowest BCUT2D eigenvalue weighted by Gasteiger charge is -2.39. The molecule has 1 saturated heterocycles. The van der Waals surface area contributed by atoms with E-state index in [1.165, 1.54) is 11.1 Å². The normalized spacial score (nSPS) is 27.3. The minimum absolute atomic E-state index is 0.369. The molecule has 4 heteroatoms. The highest BCUT2D eigenvalue weighted by Crippen LogP contribution is 2.35. The van der Waals surface area contributed by atoms with Gasteiger partial charge < -0.3 is 10.4 Å². The predicted molar refractivity (Wildman–Crippen MR) is 68.8 cm³/mol. The van der Waals surface area contributed by atoms with Crippen molar-refractivity contribution in [1.82, 2.24) is 10.2 Å². The number of carboxylic acid groups (broad SMARTS) is 1. The Kier molecular flexibility index (Phi) is 3.06. The van der Waals surface area contributed by atoms with Gasteiger partial charge in [-0.25, -0.2) is 0 Å².